The van der Waals surface area contributed by atoms with Gasteiger partial charge in [0.1, 0.15) is 5.69 Å². The number of carboxylic acids is 1. The first-order chi connectivity index (χ1) is 9.88. The van der Waals surface area contributed by atoms with Crippen LogP contribution in [0.4, 0.5) is 5.69 Å². The van der Waals surface area contributed by atoms with Crippen LogP contribution in [0.1, 0.15) is 32.0 Å². The predicted octanol–water partition coefficient (Wildman–Crippen LogP) is 3.41. The number of aromatic carboxylic acids is 1. The number of nitrogens with one attached hydrogen (secondary N) is 1. The zero-order chi connectivity index (χ0) is 15.6. The highest BCUT2D eigenvalue weighted by Gasteiger charge is 2.12. The van der Waals surface area contributed by atoms with Crippen LogP contribution in [0.5, 0.6) is 0 Å². The molecule has 0 atom stereocenters. The summed E-state index contributed by atoms with van der Waals surface area (Å²) in [6.07, 6.45) is 1.30. The molecule has 108 valence electrons. The number of pyridine rings is 1. The Kier molecular flexibility index (Phi) is 4.37. The molecular weight excluding hydrogens is 336 g/mol. The van der Waals surface area contributed by atoms with Crippen LogP contribution >= 0.6 is 15.9 Å². The molecule has 0 aliphatic rings. The number of nitrogens with zero attached hydrogens (tertiary/aromatic N) is 1. The van der Waals surface area contributed by atoms with Crippen molar-refractivity contribution in [3.05, 3.63) is 57.3 Å². The molecule has 0 fully saturated rings. The highest BCUT2D eigenvalue weighted by molar-refractivity contribution is 9.10. The SMILES string of the molecule is Cc1cc(NC(=O)c2ccnc(C(=O)O)c2)cc(C)c1Br. The summed E-state index contributed by atoms with van der Waals surface area (Å²) in [5.41, 5.74) is 2.76. The number of hydrogen-bond acceptors (Lipinski definition) is 3. The van der Waals surface area contributed by atoms with E-state index < -0.39 is 5.97 Å². The van der Waals surface area contributed by atoms with Gasteiger partial charge in [-0.1, -0.05) is 15.9 Å². The molecule has 0 unspecified atom stereocenters. The molecule has 1 aromatic heterocycles. The topological polar surface area (TPSA) is 79.3 Å². The average Bonchev–Trinajstić information content (AvgIpc) is 2.44. The number of aryl methyl sites for hydroxylation is 2. The Hall–Kier alpha value is -2.21. The number of rotatable bonds is 3. The third-order valence-electron chi connectivity index (χ3n) is 2.94. The second-order valence-corrected chi connectivity index (χ2v) is 5.41. The first kappa shape index (κ1) is 15.2. The van der Waals surface area contributed by atoms with Crippen LogP contribution in [0.2, 0.25) is 0 Å². The molecule has 2 aromatic rings. The lowest BCUT2D eigenvalue weighted by Gasteiger charge is -2.10. The quantitative estimate of drug-likeness (QED) is 0.890. The number of hydrogen-bond donors (Lipinski definition) is 2. The number of carbonyl (C=O) groups excluding carboxylic acids is 1. The van der Waals surface area contributed by atoms with Crippen LogP contribution in [0, 0.1) is 13.8 Å². The minimum absolute atomic E-state index is 0.161. The van der Waals surface area contributed by atoms with Crippen molar-refractivity contribution in [2.45, 2.75) is 13.8 Å². The van der Waals surface area contributed by atoms with E-state index in [1.165, 1.54) is 18.3 Å². The van der Waals surface area contributed by atoms with Crippen LogP contribution in [0.25, 0.3) is 0 Å². The molecule has 5 nitrogen and oxygen atoms in total. The van der Waals surface area contributed by atoms with Gasteiger partial charge < -0.3 is 10.4 Å². The van der Waals surface area contributed by atoms with Gasteiger partial charge in [0.15, 0.2) is 0 Å². The van der Waals surface area contributed by atoms with E-state index in [1.54, 1.807) is 0 Å². The van der Waals surface area contributed by atoms with Crippen molar-refractivity contribution in [2.24, 2.45) is 0 Å². The number of benzene rings is 1. The Morgan fingerprint density at radius 3 is 2.38 bits per heavy atom. The Bertz CT molecular complexity index is 706. The maximum atomic E-state index is 12.2. The van der Waals surface area contributed by atoms with E-state index in [2.05, 4.69) is 26.2 Å². The lowest BCUT2D eigenvalue weighted by atomic mass is 10.1. The minimum atomic E-state index is -1.17. The summed E-state index contributed by atoms with van der Waals surface area (Å²) < 4.78 is 0.998. The van der Waals surface area contributed by atoms with Gasteiger partial charge in [0.25, 0.3) is 5.91 Å². The number of amides is 1. The van der Waals surface area contributed by atoms with Crippen molar-refractivity contribution in [2.75, 3.05) is 5.32 Å². The summed E-state index contributed by atoms with van der Waals surface area (Å²) in [5, 5.41) is 11.6. The van der Waals surface area contributed by atoms with Crippen molar-refractivity contribution in [1.82, 2.24) is 4.98 Å². The van der Waals surface area contributed by atoms with Crippen molar-refractivity contribution in [1.29, 1.82) is 0 Å². The Morgan fingerprint density at radius 1 is 1.19 bits per heavy atom. The number of carboxylic acid groups (broad SMARTS) is 1. The summed E-state index contributed by atoms with van der Waals surface area (Å²) in [7, 11) is 0. The molecule has 1 heterocycles. The molecule has 6 heteroatoms. The van der Waals surface area contributed by atoms with Gasteiger partial charge in [-0.25, -0.2) is 9.78 Å². The Balaban J connectivity index is 2.26. The molecule has 21 heavy (non-hydrogen) atoms. The van der Waals surface area contributed by atoms with Crippen LogP contribution < -0.4 is 5.32 Å². The monoisotopic (exact) mass is 348 g/mol. The molecule has 1 aromatic carbocycles. The first-order valence-electron chi connectivity index (χ1n) is 6.16. The number of halogens is 1. The minimum Gasteiger partial charge on any atom is -0.477 e. The van der Waals surface area contributed by atoms with E-state index in [0.717, 1.165) is 15.6 Å². The molecule has 0 bridgehead atoms. The van der Waals surface area contributed by atoms with Gasteiger partial charge >= 0.3 is 5.97 Å². The van der Waals surface area contributed by atoms with E-state index in [9.17, 15) is 9.59 Å². The summed E-state index contributed by atoms with van der Waals surface area (Å²) in [6.45, 7) is 3.86. The van der Waals surface area contributed by atoms with Crippen molar-refractivity contribution < 1.29 is 14.7 Å². The molecule has 0 saturated carbocycles. The fourth-order valence-corrected chi connectivity index (χ4v) is 2.14. The summed E-state index contributed by atoms with van der Waals surface area (Å²) in [6, 6.07) is 6.40. The van der Waals surface area contributed by atoms with Gasteiger partial charge in [0.2, 0.25) is 0 Å². The zero-order valence-electron chi connectivity index (χ0n) is 11.5. The number of aromatic nitrogens is 1. The maximum absolute atomic E-state index is 12.2. The second kappa shape index (κ2) is 6.05. The standard InChI is InChI=1S/C15H13BrN2O3/c1-8-5-11(6-9(2)13(8)16)18-14(19)10-3-4-17-12(7-10)15(20)21/h3-7H,1-2H3,(H,18,19)(H,20,21). The summed E-state index contributed by atoms with van der Waals surface area (Å²) in [5.74, 6) is -1.54. The van der Waals surface area contributed by atoms with Crippen LogP contribution in [0.3, 0.4) is 0 Å². The fourth-order valence-electron chi connectivity index (χ4n) is 1.91. The van der Waals surface area contributed by atoms with E-state index >= 15 is 0 Å². The van der Waals surface area contributed by atoms with E-state index in [1.807, 2.05) is 26.0 Å². The Labute approximate surface area is 130 Å². The molecule has 0 aliphatic carbocycles. The molecule has 2 rings (SSSR count). The molecular formula is C15H13BrN2O3. The first-order valence-corrected chi connectivity index (χ1v) is 6.95. The third kappa shape index (κ3) is 3.46. The van der Waals surface area contributed by atoms with Gasteiger partial charge in [-0.15, -0.1) is 0 Å². The molecule has 2 N–H and O–H groups in total. The number of anilines is 1. The van der Waals surface area contributed by atoms with Crippen LogP contribution in [0.15, 0.2) is 34.9 Å². The largest absolute Gasteiger partial charge is 0.477 e. The summed E-state index contributed by atoms with van der Waals surface area (Å²) >= 11 is 3.46. The lowest BCUT2D eigenvalue weighted by Crippen LogP contribution is -2.13. The normalized spacial score (nSPS) is 10.2. The van der Waals surface area contributed by atoms with Gasteiger partial charge in [-0.3, -0.25) is 4.79 Å². The second-order valence-electron chi connectivity index (χ2n) is 4.61. The van der Waals surface area contributed by atoms with Crippen molar-refractivity contribution in [3.63, 3.8) is 0 Å². The van der Waals surface area contributed by atoms with Gasteiger partial charge in [0.05, 0.1) is 0 Å². The molecule has 1 amide bonds. The average molecular weight is 349 g/mol. The van der Waals surface area contributed by atoms with Gasteiger partial charge in [0, 0.05) is 21.9 Å². The fraction of sp³-hybridized carbons (Fsp3) is 0.133. The maximum Gasteiger partial charge on any atom is 0.354 e. The molecule has 0 aliphatic heterocycles. The van der Waals surface area contributed by atoms with Crippen molar-refractivity contribution >= 4 is 33.5 Å². The van der Waals surface area contributed by atoms with Gasteiger partial charge in [-0.2, -0.15) is 0 Å². The van der Waals surface area contributed by atoms with E-state index in [0.29, 0.717) is 5.69 Å². The van der Waals surface area contributed by atoms with Crippen molar-refractivity contribution in [3.8, 4) is 0 Å². The predicted molar refractivity (Wildman–Crippen MR) is 82.8 cm³/mol. The third-order valence-corrected chi connectivity index (χ3v) is 4.19. The Morgan fingerprint density at radius 2 is 1.81 bits per heavy atom. The molecule has 0 saturated heterocycles. The van der Waals surface area contributed by atoms with Gasteiger partial charge in [-0.05, 0) is 49.2 Å². The summed E-state index contributed by atoms with van der Waals surface area (Å²) in [4.78, 5) is 26.7. The lowest BCUT2D eigenvalue weighted by molar-refractivity contribution is 0.0690. The zero-order valence-corrected chi connectivity index (χ0v) is 13.1. The smallest absolute Gasteiger partial charge is 0.354 e. The van der Waals surface area contributed by atoms with E-state index in [-0.39, 0.29) is 17.2 Å². The highest BCUT2D eigenvalue weighted by Crippen LogP contribution is 2.25. The van der Waals surface area contributed by atoms with Crippen LogP contribution in [-0.2, 0) is 0 Å². The van der Waals surface area contributed by atoms with E-state index in [4.69, 9.17) is 5.11 Å². The number of carbonyl (C=O) groups is 2. The molecule has 0 radical (unpaired) electrons. The van der Waals surface area contributed by atoms with Crippen LogP contribution in [-0.4, -0.2) is 22.0 Å². The molecule has 0 spiro atoms. The highest BCUT2D eigenvalue weighted by atomic mass is 79.9.